The Kier molecular flexibility index (Phi) is 14.5. The third-order valence-corrected chi connectivity index (χ3v) is 1.93. The summed E-state index contributed by atoms with van der Waals surface area (Å²) >= 11 is 0. The average molecular weight is 256 g/mol. The summed E-state index contributed by atoms with van der Waals surface area (Å²) in [5, 5.41) is 0. The highest BCUT2D eigenvalue weighted by molar-refractivity contribution is 5.47. The summed E-state index contributed by atoms with van der Waals surface area (Å²) in [7, 11) is 0. The van der Waals surface area contributed by atoms with Gasteiger partial charge in [0.1, 0.15) is 0 Å². The number of benzene rings is 1. The number of anilines is 2. The fourth-order valence-electron chi connectivity index (χ4n) is 0.663. The molecule has 0 amide bonds. The third kappa shape index (κ3) is 14.7. The van der Waals surface area contributed by atoms with Crippen molar-refractivity contribution in [3.63, 3.8) is 0 Å². The van der Waals surface area contributed by atoms with Gasteiger partial charge >= 0.3 is 0 Å². The first-order valence-electron chi connectivity index (χ1n) is 5.98. The molecule has 12 N–H and O–H groups in total. The van der Waals surface area contributed by atoms with E-state index >= 15 is 0 Å². The van der Waals surface area contributed by atoms with Gasteiger partial charge in [-0.2, -0.15) is 0 Å². The minimum absolute atomic E-state index is 0.213. The van der Waals surface area contributed by atoms with Crippen LogP contribution in [0.25, 0.3) is 0 Å². The van der Waals surface area contributed by atoms with E-state index in [9.17, 15) is 0 Å². The Balaban J connectivity index is 0. The molecule has 1 aromatic rings. The van der Waals surface area contributed by atoms with Crippen LogP contribution in [0.3, 0.4) is 0 Å². The van der Waals surface area contributed by atoms with Crippen LogP contribution < -0.4 is 34.4 Å². The van der Waals surface area contributed by atoms with Gasteiger partial charge in [-0.1, -0.05) is 6.92 Å². The second kappa shape index (κ2) is 13.7. The maximum atomic E-state index is 5.37. The minimum Gasteiger partial charge on any atom is -0.399 e. The van der Waals surface area contributed by atoms with Gasteiger partial charge in [0, 0.05) is 37.1 Å². The lowest BCUT2D eigenvalue weighted by atomic mass is 10.2. The van der Waals surface area contributed by atoms with Crippen molar-refractivity contribution in [3.8, 4) is 0 Å². The highest BCUT2D eigenvalue weighted by Gasteiger charge is 1.88. The predicted octanol–water partition coefficient (Wildman–Crippen LogP) is -0.563. The standard InChI is InChI=1S/C6H8N2.C4H12N2.C2H8N2/c7-5-1-2-6(8)4-3-5;1-2-4(6)3-5;3-1-2-4/h1-4H,7-8H2;4H,2-3,5-6H2,1H3;1-4H2. The molecule has 0 saturated heterocycles. The van der Waals surface area contributed by atoms with Crippen molar-refractivity contribution in [2.75, 3.05) is 31.1 Å². The largest absolute Gasteiger partial charge is 0.399 e. The summed E-state index contributed by atoms with van der Waals surface area (Å²) in [6.45, 7) is 3.83. The molecule has 0 aliphatic heterocycles. The molecule has 1 unspecified atom stereocenters. The van der Waals surface area contributed by atoms with Crippen molar-refractivity contribution in [2.45, 2.75) is 19.4 Å². The first kappa shape index (κ1) is 19.0. The topological polar surface area (TPSA) is 156 Å². The van der Waals surface area contributed by atoms with Gasteiger partial charge in [-0.25, -0.2) is 0 Å². The van der Waals surface area contributed by atoms with Crippen molar-refractivity contribution in [1.29, 1.82) is 0 Å². The van der Waals surface area contributed by atoms with Gasteiger partial charge < -0.3 is 34.4 Å². The Bertz CT molecular complexity index is 235. The van der Waals surface area contributed by atoms with Crippen LogP contribution in [0.5, 0.6) is 0 Å². The Morgan fingerprint density at radius 1 is 0.889 bits per heavy atom. The van der Waals surface area contributed by atoms with E-state index in [-0.39, 0.29) is 6.04 Å². The van der Waals surface area contributed by atoms with E-state index in [1.807, 2.05) is 6.92 Å². The van der Waals surface area contributed by atoms with Crippen LogP contribution in [0.2, 0.25) is 0 Å². The maximum absolute atomic E-state index is 5.37. The van der Waals surface area contributed by atoms with E-state index in [1.54, 1.807) is 24.3 Å². The lowest BCUT2D eigenvalue weighted by Crippen LogP contribution is -2.28. The maximum Gasteiger partial charge on any atom is 0.0315 e. The highest BCUT2D eigenvalue weighted by atomic mass is 14.7. The summed E-state index contributed by atoms with van der Waals surface area (Å²) in [5.74, 6) is 0. The van der Waals surface area contributed by atoms with Crippen LogP contribution in [-0.4, -0.2) is 25.7 Å². The van der Waals surface area contributed by atoms with Gasteiger partial charge in [0.05, 0.1) is 0 Å². The van der Waals surface area contributed by atoms with Crippen molar-refractivity contribution in [1.82, 2.24) is 0 Å². The molecule has 0 spiro atoms. The molecule has 0 radical (unpaired) electrons. The van der Waals surface area contributed by atoms with E-state index < -0.39 is 0 Å². The second-order valence-corrected chi connectivity index (χ2v) is 3.65. The van der Waals surface area contributed by atoms with Crippen molar-refractivity contribution in [2.24, 2.45) is 22.9 Å². The zero-order chi connectivity index (χ0) is 14.4. The number of rotatable bonds is 3. The predicted molar refractivity (Wildman–Crippen MR) is 80.7 cm³/mol. The van der Waals surface area contributed by atoms with E-state index in [0.29, 0.717) is 19.6 Å². The molecule has 0 aliphatic rings. The normalized spacial score (nSPS) is 10.5. The molecule has 6 heteroatoms. The van der Waals surface area contributed by atoms with Gasteiger partial charge in [0.2, 0.25) is 0 Å². The van der Waals surface area contributed by atoms with Crippen LogP contribution in [0.15, 0.2) is 24.3 Å². The SMILES string of the molecule is CCC(N)CN.NCCN.Nc1ccc(N)cc1. The van der Waals surface area contributed by atoms with Crippen molar-refractivity contribution < 1.29 is 0 Å². The summed E-state index contributed by atoms with van der Waals surface area (Å²) in [5.41, 5.74) is 32.6. The molecule has 1 aromatic carbocycles. The Morgan fingerprint density at radius 2 is 1.22 bits per heavy atom. The van der Waals surface area contributed by atoms with Crippen LogP contribution >= 0.6 is 0 Å². The van der Waals surface area contributed by atoms with Crippen LogP contribution in [0.4, 0.5) is 11.4 Å². The Hall–Kier alpha value is -1.34. The molecule has 0 fully saturated rings. The van der Waals surface area contributed by atoms with Crippen LogP contribution in [-0.2, 0) is 0 Å². The highest BCUT2D eigenvalue weighted by Crippen LogP contribution is 2.04. The summed E-state index contributed by atoms with van der Waals surface area (Å²) in [4.78, 5) is 0. The molecule has 1 rings (SSSR count). The van der Waals surface area contributed by atoms with Gasteiger partial charge in [-0.3, -0.25) is 0 Å². The van der Waals surface area contributed by atoms with Gasteiger partial charge in [-0.05, 0) is 30.7 Å². The van der Waals surface area contributed by atoms with Crippen molar-refractivity contribution in [3.05, 3.63) is 24.3 Å². The van der Waals surface area contributed by atoms with Gasteiger partial charge in [-0.15, -0.1) is 0 Å². The zero-order valence-corrected chi connectivity index (χ0v) is 11.2. The van der Waals surface area contributed by atoms with Gasteiger partial charge in [0.15, 0.2) is 0 Å². The van der Waals surface area contributed by atoms with E-state index in [1.165, 1.54) is 0 Å². The van der Waals surface area contributed by atoms with Crippen molar-refractivity contribution >= 4 is 11.4 Å². The minimum atomic E-state index is 0.213. The third-order valence-electron chi connectivity index (χ3n) is 1.93. The summed E-state index contributed by atoms with van der Waals surface area (Å²) < 4.78 is 0. The van der Waals surface area contributed by atoms with Crippen LogP contribution in [0, 0.1) is 0 Å². The monoisotopic (exact) mass is 256 g/mol. The number of nitrogen functional groups attached to an aromatic ring is 2. The quantitative estimate of drug-likeness (QED) is 0.398. The molecule has 106 valence electrons. The Morgan fingerprint density at radius 3 is 1.33 bits per heavy atom. The molecule has 0 aliphatic carbocycles. The molecular formula is C12H28N6. The number of nitrogens with two attached hydrogens (primary N) is 6. The fraction of sp³-hybridized carbons (Fsp3) is 0.500. The van der Waals surface area contributed by atoms with E-state index in [4.69, 9.17) is 34.4 Å². The molecular weight excluding hydrogens is 228 g/mol. The molecule has 1 atom stereocenters. The molecule has 18 heavy (non-hydrogen) atoms. The molecule has 0 aromatic heterocycles. The fourth-order valence-corrected chi connectivity index (χ4v) is 0.663. The number of hydrogen-bond acceptors (Lipinski definition) is 6. The molecule has 0 heterocycles. The molecule has 0 bridgehead atoms. The lowest BCUT2D eigenvalue weighted by Gasteiger charge is -1.99. The summed E-state index contributed by atoms with van der Waals surface area (Å²) in [6, 6.07) is 7.31. The van der Waals surface area contributed by atoms with Crippen LogP contribution in [0.1, 0.15) is 13.3 Å². The van der Waals surface area contributed by atoms with E-state index in [0.717, 1.165) is 17.8 Å². The zero-order valence-electron chi connectivity index (χ0n) is 11.2. The van der Waals surface area contributed by atoms with Gasteiger partial charge in [0.25, 0.3) is 0 Å². The first-order chi connectivity index (χ1) is 8.51. The smallest absolute Gasteiger partial charge is 0.0315 e. The molecule has 0 saturated carbocycles. The summed E-state index contributed by atoms with van der Waals surface area (Å²) in [6.07, 6.45) is 0.983. The average Bonchev–Trinajstić information content (AvgIpc) is 2.42. The lowest BCUT2D eigenvalue weighted by molar-refractivity contribution is 0.660. The Labute approximate surface area is 110 Å². The second-order valence-electron chi connectivity index (χ2n) is 3.65. The first-order valence-corrected chi connectivity index (χ1v) is 5.98. The molecule has 6 nitrogen and oxygen atoms in total. The van der Waals surface area contributed by atoms with E-state index in [2.05, 4.69) is 0 Å². The number of hydrogen-bond donors (Lipinski definition) is 6.